The second-order valence-corrected chi connectivity index (χ2v) is 6.60. The summed E-state index contributed by atoms with van der Waals surface area (Å²) in [6.07, 6.45) is 6.29. The number of ether oxygens (including phenoxy) is 1. The van der Waals surface area contributed by atoms with Gasteiger partial charge in [-0.05, 0) is 49.8 Å². The summed E-state index contributed by atoms with van der Waals surface area (Å²) in [7, 11) is 1.68. The van der Waals surface area contributed by atoms with Gasteiger partial charge < -0.3 is 15.0 Å². The van der Waals surface area contributed by atoms with E-state index in [1.54, 1.807) is 7.11 Å². The molecule has 23 heavy (non-hydrogen) atoms. The van der Waals surface area contributed by atoms with Crippen molar-refractivity contribution in [2.24, 2.45) is 5.73 Å². The molecule has 2 N–H and O–H groups in total. The lowest BCUT2D eigenvalue weighted by Gasteiger charge is -2.39. The highest BCUT2D eigenvalue weighted by Crippen LogP contribution is 2.49. The fraction of sp³-hybridized carbons (Fsp3) is 0.529. The third-order valence-corrected chi connectivity index (χ3v) is 5.38. The zero-order chi connectivity index (χ0) is 15.2. The molecule has 2 aromatic rings. The molecule has 0 atom stereocenters. The molecular formula is C17H22ClN3O2. The molecule has 1 heterocycles. The van der Waals surface area contributed by atoms with E-state index in [-0.39, 0.29) is 23.4 Å². The Morgan fingerprint density at radius 3 is 2.22 bits per heavy atom. The number of benzene rings is 1. The van der Waals surface area contributed by atoms with Crippen LogP contribution in [0, 0.1) is 0 Å². The van der Waals surface area contributed by atoms with Crippen LogP contribution in [0.1, 0.15) is 55.8 Å². The summed E-state index contributed by atoms with van der Waals surface area (Å²) in [5.41, 5.74) is 7.02. The van der Waals surface area contributed by atoms with Crippen molar-refractivity contribution in [3.8, 4) is 5.75 Å². The van der Waals surface area contributed by atoms with Crippen LogP contribution in [0.2, 0.25) is 0 Å². The Kier molecular flexibility index (Phi) is 4.10. The first kappa shape index (κ1) is 16.3. The van der Waals surface area contributed by atoms with Crippen LogP contribution >= 0.6 is 12.4 Å². The number of hydrogen-bond acceptors (Lipinski definition) is 5. The van der Waals surface area contributed by atoms with Crippen LogP contribution in [0.25, 0.3) is 0 Å². The molecule has 0 unspecified atom stereocenters. The monoisotopic (exact) mass is 335 g/mol. The van der Waals surface area contributed by atoms with E-state index in [9.17, 15) is 0 Å². The Bertz CT molecular complexity index is 675. The summed E-state index contributed by atoms with van der Waals surface area (Å²) in [5.74, 6) is 2.25. The number of nitrogens with zero attached hydrogens (tertiary/aromatic N) is 2. The van der Waals surface area contributed by atoms with Crippen molar-refractivity contribution in [2.75, 3.05) is 7.11 Å². The van der Waals surface area contributed by atoms with Crippen LogP contribution in [-0.4, -0.2) is 17.3 Å². The van der Waals surface area contributed by atoms with Crippen LogP contribution in [-0.2, 0) is 11.0 Å². The van der Waals surface area contributed by atoms with Gasteiger partial charge in [-0.25, -0.2) is 0 Å². The minimum absolute atomic E-state index is 0. The van der Waals surface area contributed by atoms with Gasteiger partial charge in [0, 0.05) is 0 Å². The highest BCUT2D eigenvalue weighted by molar-refractivity contribution is 5.85. The predicted octanol–water partition coefficient (Wildman–Crippen LogP) is 3.31. The first-order valence-corrected chi connectivity index (χ1v) is 7.94. The van der Waals surface area contributed by atoms with Crippen LogP contribution in [0.3, 0.4) is 0 Å². The normalized spacial score (nSPS) is 20.8. The standard InChI is InChI=1S/C17H21N3O2.ClH/c1-21-13-6-4-12(5-7-13)16(8-2-9-16)15-19-14(20-22-15)17(18)10-3-11-17;/h4-7H,2-3,8-11,18H2,1H3;1H. The van der Waals surface area contributed by atoms with Crippen LogP contribution in [0.15, 0.2) is 28.8 Å². The van der Waals surface area contributed by atoms with Crippen LogP contribution in [0.5, 0.6) is 5.75 Å². The number of methoxy groups -OCH3 is 1. The molecule has 1 aromatic carbocycles. The Labute approximate surface area is 142 Å². The first-order valence-electron chi connectivity index (χ1n) is 7.94. The third kappa shape index (κ3) is 2.42. The van der Waals surface area contributed by atoms with Crippen molar-refractivity contribution in [3.63, 3.8) is 0 Å². The van der Waals surface area contributed by atoms with Crippen molar-refractivity contribution >= 4 is 12.4 Å². The summed E-state index contributed by atoms with van der Waals surface area (Å²) in [6, 6.07) is 8.18. The second kappa shape index (κ2) is 5.80. The van der Waals surface area contributed by atoms with Gasteiger partial charge in [0.1, 0.15) is 5.75 Å². The summed E-state index contributed by atoms with van der Waals surface area (Å²) < 4.78 is 10.9. The Morgan fingerprint density at radius 1 is 1.09 bits per heavy atom. The number of nitrogens with two attached hydrogens (primary N) is 1. The second-order valence-electron chi connectivity index (χ2n) is 6.60. The van der Waals surface area contributed by atoms with E-state index in [1.807, 2.05) is 12.1 Å². The van der Waals surface area contributed by atoms with E-state index in [0.29, 0.717) is 5.82 Å². The average Bonchev–Trinajstić information content (AvgIpc) is 2.95. The highest BCUT2D eigenvalue weighted by Gasteiger charge is 2.47. The van der Waals surface area contributed by atoms with Crippen molar-refractivity contribution in [1.82, 2.24) is 10.1 Å². The quantitative estimate of drug-likeness (QED) is 0.927. The lowest BCUT2D eigenvalue weighted by molar-refractivity contribution is 0.209. The van der Waals surface area contributed by atoms with Gasteiger partial charge >= 0.3 is 0 Å². The van der Waals surface area contributed by atoms with E-state index < -0.39 is 0 Å². The van der Waals surface area contributed by atoms with Gasteiger partial charge in [-0.1, -0.05) is 23.7 Å². The predicted molar refractivity (Wildman–Crippen MR) is 88.9 cm³/mol. The van der Waals surface area contributed by atoms with E-state index in [2.05, 4.69) is 22.3 Å². The van der Waals surface area contributed by atoms with Crippen molar-refractivity contribution in [2.45, 2.75) is 49.5 Å². The van der Waals surface area contributed by atoms with E-state index >= 15 is 0 Å². The molecule has 2 aliphatic rings. The molecule has 6 heteroatoms. The summed E-state index contributed by atoms with van der Waals surface area (Å²) in [4.78, 5) is 4.68. The van der Waals surface area contributed by atoms with E-state index in [1.165, 1.54) is 12.0 Å². The molecule has 124 valence electrons. The summed E-state index contributed by atoms with van der Waals surface area (Å²) in [5, 5.41) is 4.18. The van der Waals surface area contributed by atoms with Gasteiger partial charge in [0.15, 0.2) is 5.82 Å². The summed E-state index contributed by atoms with van der Waals surface area (Å²) in [6.45, 7) is 0. The lowest BCUT2D eigenvalue weighted by Crippen LogP contribution is -2.44. The SMILES string of the molecule is COc1ccc(C2(c3nc(C4(N)CCC4)no3)CCC2)cc1.Cl. The average molecular weight is 336 g/mol. The zero-order valence-corrected chi connectivity index (χ0v) is 14.1. The maximum absolute atomic E-state index is 6.32. The van der Waals surface area contributed by atoms with Crippen molar-refractivity contribution in [3.05, 3.63) is 41.5 Å². The van der Waals surface area contributed by atoms with Crippen molar-refractivity contribution in [1.29, 1.82) is 0 Å². The minimum atomic E-state index is -0.368. The number of aromatic nitrogens is 2. The van der Waals surface area contributed by atoms with Crippen LogP contribution in [0.4, 0.5) is 0 Å². The Balaban J connectivity index is 0.00000156. The molecule has 4 rings (SSSR count). The maximum atomic E-state index is 6.32. The van der Waals surface area contributed by atoms with Gasteiger partial charge in [-0.2, -0.15) is 4.98 Å². The van der Waals surface area contributed by atoms with Gasteiger partial charge in [0.05, 0.1) is 18.1 Å². The third-order valence-electron chi connectivity index (χ3n) is 5.38. The smallest absolute Gasteiger partial charge is 0.237 e. The molecule has 5 nitrogen and oxygen atoms in total. The number of hydrogen-bond donors (Lipinski definition) is 1. The molecule has 0 aliphatic heterocycles. The van der Waals surface area contributed by atoms with E-state index in [0.717, 1.165) is 43.7 Å². The molecule has 0 radical (unpaired) electrons. The Morgan fingerprint density at radius 2 is 1.74 bits per heavy atom. The maximum Gasteiger partial charge on any atom is 0.237 e. The van der Waals surface area contributed by atoms with Crippen molar-refractivity contribution < 1.29 is 9.26 Å². The van der Waals surface area contributed by atoms with Gasteiger partial charge in [0.2, 0.25) is 5.89 Å². The molecular weight excluding hydrogens is 314 g/mol. The Hall–Kier alpha value is -1.59. The fourth-order valence-electron chi connectivity index (χ4n) is 3.47. The zero-order valence-electron chi connectivity index (χ0n) is 13.2. The largest absolute Gasteiger partial charge is 0.497 e. The topological polar surface area (TPSA) is 74.2 Å². The molecule has 0 bridgehead atoms. The minimum Gasteiger partial charge on any atom is -0.497 e. The molecule has 0 amide bonds. The number of halogens is 1. The highest BCUT2D eigenvalue weighted by atomic mass is 35.5. The summed E-state index contributed by atoms with van der Waals surface area (Å²) >= 11 is 0. The first-order chi connectivity index (χ1) is 10.7. The molecule has 2 saturated carbocycles. The number of rotatable bonds is 4. The van der Waals surface area contributed by atoms with Crippen LogP contribution < -0.4 is 10.5 Å². The van der Waals surface area contributed by atoms with Gasteiger partial charge in [-0.3, -0.25) is 0 Å². The van der Waals surface area contributed by atoms with Gasteiger partial charge in [-0.15, -0.1) is 12.4 Å². The molecule has 2 aliphatic carbocycles. The molecule has 2 fully saturated rings. The van der Waals surface area contributed by atoms with E-state index in [4.69, 9.17) is 15.0 Å². The lowest BCUT2D eigenvalue weighted by atomic mass is 9.64. The fourth-order valence-corrected chi connectivity index (χ4v) is 3.47. The molecule has 1 aromatic heterocycles. The van der Waals surface area contributed by atoms with Gasteiger partial charge in [0.25, 0.3) is 0 Å². The molecule has 0 spiro atoms. The molecule has 0 saturated heterocycles.